The lowest BCUT2D eigenvalue weighted by Gasteiger charge is -2.11. The van der Waals surface area contributed by atoms with Gasteiger partial charge >= 0.3 is 0 Å². The van der Waals surface area contributed by atoms with E-state index in [1.807, 2.05) is 30.3 Å². The number of carbonyl (C=O) groups excluding carboxylic acids is 1. The maximum atomic E-state index is 12.8. The van der Waals surface area contributed by atoms with Gasteiger partial charge < -0.3 is 14.6 Å². The Balaban J connectivity index is 1.60. The summed E-state index contributed by atoms with van der Waals surface area (Å²) in [6.45, 7) is -0.156. The van der Waals surface area contributed by atoms with Gasteiger partial charge in [0.05, 0.1) is 18.5 Å². The van der Waals surface area contributed by atoms with Crippen LogP contribution in [0.25, 0.3) is 16.8 Å². The number of benzene rings is 2. The van der Waals surface area contributed by atoms with Crippen molar-refractivity contribution in [1.82, 2.24) is 14.2 Å². The molecule has 0 bridgehead atoms. The predicted octanol–water partition coefficient (Wildman–Crippen LogP) is 3.46. The molecule has 0 atom stereocenters. The molecule has 0 aliphatic carbocycles. The van der Waals surface area contributed by atoms with E-state index in [-0.39, 0.29) is 18.0 Å². The molecule has 8 heteroatoms. The van der Waals surface area contributed by atoms with Crippen molar-refractivity contribution in [2.24, 2.45) is 0 Å². The highest BCUT2D eigenvalue weighted by Gasteiger charge is 2.13. The van der Waals surface area contributed by atoms with Crippen LogP contribution in [0.5, 0.6) is 5.75 Å². The predicted molar refractivity (Wildman–Crippen MR) is 112 cm³/mol. The van der Waals surface area contributed by atoms with Crippen molar-refractivity contribution in [2.75, 3.05) is 12.4 Å². The van der Waals surface area contributed by atoms with Gasteiger partial charge in [0, 0.05) is 23.0 Å². The maximum absolute atomic E-state index is 12.8. The van der Waals surface area contributed by atoms with E-state index in [2.05, 4.69) is 10.4 Å². The summed E-state index contributed by atoms with van der Waals surface area (Å²) in [4.78, 5) is 25.3. The van der Waals surface area contributed by atoms with Crippen molar-refractivity contribution in [1.29, 1.82) is 0 Å². The molecule has 4 rings (SSSR count). The van der Waals surface area contributed by atoms with Crippen LogP contribution in [0.2, 0.25) is 5.02 Å². The highest BCUT2D eigenvalue weighted by atomic mass is 35.5. The number of hydrogen-bond donors (Lipinski definition) is 1. The number of nitrogens with zero attached hydrogens (tertiary/aromatic N) is 3. The smallest absolute Gasteiger partial charge is 0.277 e. The molecule has 0 fully saturated rings. The fourth-order valence-corrected chi connectivity index (χ4v) is 3.20. The van der Waals surface area contributed by atoms with Gasteiger partial charge in [-0.2, -0.15) is 5.10 Å². The lowest BCUT2D eigenvalue weighted by atomic mass is 10.1. The van der Waals surface area contributed by atoms with Gasteiger partial charge in [-0.1, -0.05) is 41.9 Å². The summed E-state index contributed by atoms with van der Waals surface area (Å²) in [6, 6.07) is 16.2. The number of amides is 1. The Morgan fingerprint density at radius 1 is 1.14 bits per heavy atom. The molecule has 0 aliphatic rings. The molecule has 4 aromatic rings. The number of halogens is 1. The zero-order chi connectivity index (χ0) is 20.4. The van der Waals surface area contributed by atoms with Crippen LogP contribution in [0.3, 0.4) is 0 Å². The molecule has 0 aliphatic heterocycles. The topological polar surface area (TPSA) is 77.6 Å². The molecule has 0 saturated heterocycles. The third-order valence-electron chi connectivity index (χ3n) is 4.42. The molecular weight excluding hydrogens is 392 g/mol. The summed E-state index contributed by atoms with van der Waals surface area (Å²) < 4.78 is 8.07. The normalized spacial score (nSPS) is 10.8. The van der Waals surface area contributed by atoms with Crippen LogP contribution < -0.4 is 15.6 Å². The van der Waals surface area contributed by atoms with E-state index in [4.69, 9.17) is 16.3 Å². The fourth-order valence-electron chi connectivity index (χ4n) is 3.02. The molecule has 0 spiro atoms. The number of hydrogen-bond acceptors (Lipinski definition) is 4. The van der Waals surface area contributed by atoms with Gasteiger partial charge in [-0.15, -0.1) is 0 Å². The third kappa shape index (κ3) is 3.86. The Kier molecular flexibility index (Phi) is 5.05. The SMILES string of the molecule is COc1ccc(Cl)cc1NC(=O)Cn1ccn2nc(-c3ccccc3)cc2c1=O. The van der Waals surface area contributed by atoms with Crippen molar-refractivity contribution < 1.29 is 9.53 Å². The van der Waals surface area contributed by atoms with Gasteiger partial charge in [0.25, 0.3) is 5.56 Å². The van der Waals surface area contributed by atoms with E-state index >= 15 is 0 Å². The summed E-state index contributed by atoms with van der Waals surface area (Å²) in [5, 5.41) is 7.63. The molecule has 146 valence electrons. The van der Waals surface area contributed by atoms with E-state index in [1.165, 1.54) is 22.4 Å². The van der Waals surface area contributed by atoms with E-state index in [0.29, 0.717) is 27.7 Å². The van der Waals surface area contributed by atoms with Crippen LogP contribution >= 0.6 is 11.6 Å². The Morgan fingerprint density at radius 3 is 2.69 bits per heavy atom. The quantitative estimate of drug-likeness (QED) is 0.548. The van der Waals surface area contributed by atoms with E-state index in [0.717, 1.165) is 5.56 Å². The molecule has 1 amide bonds. The molecule has 0 radical (unpaired) electrons. The summed E-state index contributed by atoms with van der Waals surface area (Å²) in [5.41, 5.74) is 2.12. The summed E-state index contributed by atoms with van der Waals surface area (Å²) >= 11 is 5.99. The van der Waals surface area contributed by atoms with Gasteiger partial charge in [0.15, 0.2) is 0 Å². The highest BCUT2D eigenvalue weighted by molar-refractivity contribution is 6.31. The Bertz CT molecular complexity index is 1250. The standard InChI is InChI=1S/C21H17ClN4O3/c1-29-19-8-7-15(22)11-17(19)23-20(27)13-25-9-10-26-18(21(25)28)12-16(24-26)14-5-3-2-4-6-14/h2-12H,13H2,1H3,(H,23,27). The van der Waals surface area contributed by atoms with Crippen LogP contribution in [-0.4, -0.2) is 27.2 Å². The van der Waals surface area contributed by atoms with Crippen molar-refractivity contribution in [3.05, 3.63) is 82.4 Å². The first kappa shape index (κ1) is 18.8. The van der Waals surface area contributed by atoms with Crippen LogP contribution in [0.15, 0.2) is 71.8 Å². The lowest BCUT2D eigenvalue weighted by molar-refractivity contribution is -0.116. The molecule has 2 aromatic heterocycles. The summed E-state index contributed by atoms with van der Waals surface area (Å²) in [7, 11) is 1.50. The number of fused-ring (bicyclic) bond motifs is 1. The minimum atomic E-state index is -0.375. The van der Waals surface area contributed by atoms with E-state index < -0.39 is 0 Å². The number of nitrogens with one attached hydrogen (secondary N) is 1. The molecular formula is C21H17ClN4O3. The van der Waals surface area contributed by atoms with Crippen LogP contribution in [0.1, 0.15) is 0 Å². The number of anilines is 1. The van der Waals surface area contributed by atoms with Gasteiger partial charge in [-0.05, 0) is 24.3 Å². The largest absolute Gasteiger partial charge is 0.495 e. The molecule has 1 N–H and O–H groups in total. The number of ether oxygens (including phenoxy) is 1. The zero-order valence-corrected chi connectivity index (χ0v) is 16.3. The zero-order valence-electron chi connectivity index (χ0n) is 15.5. The summed E-state index contributed by atoms with van der Waals surface area (Å²) in [5.74, 6) is 0.105. The van der Waals surface area contributed by atoms with Crippen molar-refractivity contribution in [3.63, 3.8) is 0 Å². The molecule has 7 nitrogen and oxygen atoms in total. The van der Waals surface area contributed by atoms with Crippen molar-refractivity contribution in [3.8, 4) is 17.0 Å². The van der Waals surface area contributed by atoms with Crippen LogP contribution in [0.4, 0.5) is 5.69 Å². The third-order valence-corrected chi connectivity index (χ3v) is 4.66. The van der Waals surface area contributed by atoms with Gasteiger partial charge in [-0.25, -0.2) is 4.52 Å². The van der Waals surface area contributed by atoms with Crippen molar-refractivity contribution >= 4 is 28.7 Å². The van der Waals surface area contributed by atoms with Crippen LogP contribution in [-0.2, 0) is 11.3 Å². The van der Waals surface area contributed by atoms with Gasteiger partial charge in [0.1, 0.15) is 17.8 Å². The lowest BCUT2D eigenvalue weighted by Crippen LogP contribution is -2.28. The molecule has 29 heavy (non-hydrogen) atoms. The number of carbonyl (C=O) groups is 1. The second-order valence-electron chi connectivity index (χ2n) is 6.35. The molecule has 2 aromatic carbocycles. The first-order valence-electron chi connectivity index (χ1n) is 8.83. The molecule has 2 heterocycles. The summed E-state index contributed by atoms with van der Waals surface area (Å²) in [6.07, 6.45) is 3.18. The van der Waals surface area contributed by atoms with Crippen LogP contribution in [0, 0.1) is 0 Å². The average molecular weight is 409 g/mol. The first-order chi connectivity index (χ1) is 14.0. The van der Waals surface area contributed by atoms with Crippen molar-refractivity contribution in [2.45, 2.75) is 6.54 Å². The van der Waals surface area contributed by atoms with E-state index in [9.17, 15) is 9.59 Å². The Morgan fingerprint density at radius 2 is 1.93 bits per heavy atom. The number of rotatable bonds is 5. The number of methoxy groups -OCH3 is 1. The number of aromatic nitrogens is 3. The molecule has 0 saturated carbocycles. The second-order valence-corrected chi connectivity index (χ2v) is 6.79. The first-order valence-corrected chi connectivity index (χ1v) is 9.20. The maximum Gasteiger partial charge on any atom is 0.277 e. The minimum Gasteiger partial charge on any atom is -0.495 e. The van der Waals surface area contributed by atoms with Gasteiger partial charge in [0.2, 0.25) is 5.91 Å². The average Bonchev–Trinajstić information content (AvgIpc) is 3.16. The highest BCUT2D eigenvalue weighted by Crippen LogP contribution is 2.27. The monoisotopic (exact) mass is 408 g/mol. The van der Waals surface area contributed by atoms with Gasteiger partial charge in [-0.3, -0.25) is 9.59 Å². The minimum absolute atomic E-state index is 0.156. The second kappa shape index (κ2) is 7.81. The van der Waals surface area contributed by atoms with E-state index in [1.54, 1.807) is 30.5 Å². The fraction of sp³-hybridized carbons (Fsp3) is 0.0952. The Labute approximate surface area is 171 Å². The molecule has 0 unspecified atom stereocenters. The Hall–Kier alpha value is -3.58.